The zero-order chi connectivity index (χ0) is 19.1. The monoisotopic (exact) mass is 357 g/mol. The molecule has 0 fully saturated rings. The molecule has 2 heteroatoms. The van der Waals surface area contributed by atoms with E-state index in [0.717, 1.165) is 41.6 Å². The van der Waals surface area contributed by atoms with Gasteiger partial charge < -0.3 is 0 Å². The lowest BCUT2D eigenvalue weighted by molar-refractivity contribution is 0.336. The number of hydrogen-bond donors (Lipinski definition) is 0. The molecule has 0 spiro atoms. The van der Waals surface area contributed by atoms with Crippen LogP contribution in [0.4, 0.5) is 4.39 Å². The lowest BCUT2D eigenvalue weighted by atomic mass is 10.0. The predicted molar refractivity (Wildman–Crippen MR) is 112 cm³/mol. The molecule has 3 aromatic rings. The molecule has 0 bridgehead atoms. The van der Waals surface area contributed by atoms with Gasteiger partial charge in [0.05, 0.1) is 6.17 Å². The second-order valence-corrected chi connectivity index (χ2v) is 6.78. The second-order valence-electron chi connectivity index (χ2n) is 6.78. The number of halogens is 1. The van der Waals surface area contributed by atoms with Crippen LogP contribution in [0, 0.1) is 11.8 Å². The minimum absolute atomic E-state index is 0.582. The zero-order valence-corrected chi connectivity index (χ0v) is 15.7. The number of pyridine rings is 1. The molecule has 1 nitrogen and oxygen atoms in total. The molecule has 0 aliphatic rings. The van der Waals surface area contributed by atoms with Crippen LogP contribution >= 0.6 is 0 Å². The van der Waals surface area contributed by atoms with Gasteiger partial charge in [-0.2, -0.15) is 0 Å². The molecule has 1 heterocycles. The van der Waals surface area contributed by atoms with Crippen LogP contribution in [0.25, 0.3) is 21.9 Å². The van der Waals surface area contributed by atoms with Crippen LogP contribution in [0.5, 0.6) is 0 Å². The molecule has 1 atom stereocenters. The van der Waals surface area contributed by atoms with Crippen LogP contribution in [0.15, 0.2) is 67.4 Å². The highest BCUT2D eigenvalue weighted by molar-refractivity contribution is 5.88. The van der Waals surface area contributed by atoms with E-state index in [0.29, 0.717) is 6.42 Å². The highest BCUT2D eigenvalue weighted by Gasteiger charge is 2.02. The summed E-state index contributed by atoms with van der Waals surface area (Å²) in [4.78, 5) is 4.49. The summed E-state index contributed by atoms with van der Waals surface area (Å²) < 4.78 is 12.8. The summed E-state index contributed by atoms with van der Waals surface area (Å²) in [7, 11) is 0. The Kier molecular flexibility index (Phi) is 6.39. The number of hydrogen-bond acceptors (Lipinski definition) is 1. The number of nitrogens with zero attached hydrogens (tertiary/aromatic N) is 1. The van der Waals surface area contributed by atoms with E-state index < -0.39 is 6.17 Å². The molecule has 136 valence electrons. The van der Waals surface area contributed by atoms with Crippen LogP contribution in [-0.4, -0.2) is 11.2 Å². The van der Waals surface area contributed by atoms with Crippen molar-refractivity contribution in [2.24, 2.45) is 0 Å². The van der Waals surface area contributed by atoms with Crippen molar-refractivity contribution in [2.75, 3.05) is 0 Å². The highest BCUT2D eigenvalue weighted by Crippen LogP contribution is 2.25. The van der Waals surface area contributed by atoms with E-state index in [1.807, 2.05) is 24.4 Å². The van der Waals surface area contributed by atoms with Crippen molar-refractivity contribution in [3.05, 3.63) is 78.6 Å². The number of benzene rings is 2. The fraction of sp³-hybridized carbons (Fsp3) is 0.240. The Morgan fingerprint density at radius 1 is 1.07 bits per heavy atom. The minimum atomic E-state index is -0.741. The Morgan fingerprint density at radius 3 is 2.59 bits per heavy atom. The van der Waals surface area contributed by atoms with E-state index >= 15 is 0 Å². The first-order valence-electron chi connectivity index (χ1n) is 9.38. The van der Waals surface area contributed by atoms with Crippen molar-refractivity contribution < 1.29 is 4.39 Å². The van der Waals surface area contributed by atoms with Crippen molar-refractivity contribution >= 4 is 10.8 Å². The quantitative estimate of drug-likeness (QED) is 0.278. The smallest absolute Gasteiger partial charge is 0.0973 e. The van der Waals surface area contributed by atoms with E-state index in [1.165, 1.54) is 10.8 Å². The van der Waals surface area contributed by atoms with E-state index in [4.69, 9.17) is 0 Å². The Bertz CT molecular complexity index is 975. The molecule has 1 unspecified atom stereocenters. The topological polar surface area (TPSA) is 12.9 Å². The average molecular weight is 357 g/mol. The summed E-state index contributed by atoms with van der Waals surface area (Å²) in [5.41, 5.74) is 4.28. The lowest BCUT2D eigenvalue weighted by Crippen LogP contribution is -1.90. The Balaban J connectivity index is 1.75. The van der Waals surface area contributed by atoms with Crippen LogP contribution in [0.3, 0.4) is 0 Å². The van der Waals surface area contributed by atoms with Gasteiger partial charge in [-0.3, -0.25) is 4.98 Å². The van der Waals surface area contributed by atoms with E-state index in [9.17, 15) is 4.39 Å². The largest absolute Gasteiger partial charge is 0.260 e. The summed E-state index contributed by atoms with van der Waals surface area (Å²) in [6.45, 7) is 5.34. The molecule has 0 radical (unpaired) electrons. The molecule has 0 aliphatic heterocycles. The summed E-state index contributed by atoms with van der Waals surface area (Å²) in [6.07, 6.45) is 5.95. The lowest BCUT2D eigenvalue weighted by Gasteiger charge is -2.05. The molecule has 0 aliphatic carbocycles. The third-order valence-electron chi connectivity index (χ3n) is 4.49. The molecule has 1 aromatic heterocycles. The van der Waals surface area contributed by atoms with E-state index in [2.05, 4.69) is 59.8 Å². The summed E-state index contributed by atoms with van der Waals surface area (Å²) >= 11 is 0. The Hall–Kier alpha value is -2.92. The van der Waals surface area contributed by atoms with Crippen molar-refractivity contribution in [2.45, 2.75) is 38.8 Å². The number of rotatable bonds is 6. The summed E-state index contributed by atoms with van der Waals surface area (Å²) in [5, 5.41) is 2.35. The molecule has 0 saturated carbocycles. The van der Waals surface area contributed by atoms with Gasteiger partial charge in [-0.05, 0) is 60.4 Å². The van der Waals surface area contributed by atoms with Gasteiger partial charge in [-0.15, -0.1) is 6.58 Å². The highest BCUT2D eigenvalue weighted by atomic mass is 19.1. The standard InChI is InChI=1S/C25H24FN/c1-3-7-25-15-14-24(18-27-25)23-13-12-21-16-20(10-11-22(21)17-23)9-6-4-5-8-19(2)26/h3,10-19H,1,4-5,7-8H2,2H3. The normalized spacial score (nSPS) is 11.6. The Labute approximate surface area is 161 Å². The first kappa shape index (κ1) is 18.9. The number of allylic oxidation sites excluding steroid dienone is 1. The fourth-order valence-electron chi connectivity index (χ4n) is 3.00. The molecule has 2 aromatic carbocycles. The van der Waals surface area contributed by atoms with Crippen LogP contribution in [0.1, 0.15) is 37.4 Å². The summed E-state index contributed by atoms with van der Waals surface area (Å²) in [5.74, 6) is 6.33. The fourth-order valence-corrected chi connectivity index (χ4v) is 3.00. The van der Waals surface area contributed by atoms with Crippen LogP contribution in [-0.2, 0) is 6.42 Å². The molecular weight excluding hydrogens is 333 g/mol. The minimum Gasteiger partial charge on any atom is -0.260 e. The van der Waals surface area contributed by atoms with Gasteiger partial charge in [-0.25, -0.2) is 4.39 Å². The van der Waals surface area contributed by atoms with Crippen molar-refractivity contribution in [1.82, 2.24) is 4.98 Å². The predicted octanol–water partition coefficient (Wildman–Crippen LogP) is 6.51. The SMILES string of the molecule is C=CCc1ccc(-c2ccc3cc(C#CCCCC(C)F)ccc3c2)cn1. The molecular formula is C25H24FN. The third kappa shape index (κ3) is 5.28. The maximum Gasteiger partial charge on any atom is 0.0973 e. The number of unbranched alkanes of at least 4 members (excludes halogenated alkanes) is 1. The molecule has 0 saturated heterocycles. The van der Waals surface area contributed by atoms with Gasteiger partial charge in [0.1, 0.15) is 0 Å². The number of aromatic nitrogens is 1. The molecule has 27 heavy (non-hydrogen) atoms. The first-order valence-corrected chi connectivity index (χ1v) is 9.38. The van der Waals surface area contributed by atoms with Gasteiger partial charge in [0.15, 0.2) is 0 Å². The van der Waals surface area contributed by atoms with E-state index in [-0.39, 0.29) is 0 Å². The average Bonchev–Trinajstić information content (AvgIpc) is 2.68. The number of alkyl halides is 1. The van der Waals surface area contributed by atoms with Crippen molar-refractivity contribution in [3.8, 4) is 23.0 Å². The molecule has 0 amide bonds. The van der Waals surface area contributed by atoms with Gasteiger partial charge in [0.2, 0.25) is 0 Å². The van der Waals surface area contributed by atoms with Gasteiger partial charge >= 0.3 is 0 Å². The van der Waals surface area contributed by atoms with Gasteiger partial charge in [0, 0.05) is 35.9 Å². The molecule has 0 N–H and O–H groups in total. The van der Waals surface area contributed by atoms with Crippen LogP contribution < -0.4 is 0 Å². The Morgan fingerprint density at radius 2 is 1.85 bits per heavy atom. The molecule has 3 rings (SSSR count). The maximum absolute atomic E-state index is 12.8. The number of fused-ring (bicyclic) bond motifs is 1. The van der Waals surface area contributed by atoms with Crippen molar-refractivity contribution in [1.29, 1.82) is 0 Å². The third-order valence-corrected chi connectivity index (χ3v) is 4.49. The van der Waals surface area contributed by atoms with Gasteiger partial charge in [-0.1, -0.05) is 42.2 Å². The van der Waals surface area contributed by atoms with E-state index in [1.54, 1.807) is 6.92 Å². The second kappa shape index (κ2) is 9.14. The van der Waals surface area contributed by atoms with Crippen molar-refractivity contribution in [3.63, 3.8) is 0 Å². The first-order chi connectivity index (χ1) is 13.2. The zero-order valence-electron chi connectivity index (χ0n) is 15.7. The summed E-state index contributed by atoms with van der Waals surface area (Å²) in [6, 6.07) is 16.8. The van der Waals surface area contributed by atoms with Gasteiger partial charge in [0.25, 0.3) is 0 Å². The maximum atomic E-state index is 12.8. The van der Waals surface area contributed by atoms with Crippen LogP contribution in [0.2, 0.25) is 0 Å².